The molecule has 6 heteroatoms. The van der Waals surface area contributed by atoms with E-state index in [1.807, 2.05) is 60.7 Å². The fourth-order valence-corrected chi connectivity index (χ4v) is 7.02. The van der Waals surface area contributed by atoms with E-state index in [1.54, 1.807) is 0 Å². The number of nitrogens with zero attached hydrogens (tertiary/aromatic N) is 5. The summed E-state index contributed by atoms with van der Waals surface area (Å²) in [5.74, 6) is 0.555. The molecule has 10 aromatic rings. The van der Waals surface area contributed by atoms with Crippen LogP contribution < -0.4 is 0 Å². The quantitative estimate of drug-likeness (QED) is 0.202. The van der Waals surface area contributed by atoms with Crippen LogP contribution in [0.4, 0.5) is 0 Å². The third-order valence-electron chi connectivity index (χ3n) is 9.17. The highest BCUT2D eigenvalue weighted by Gasteiger charge is 2.21. The zero-order valence-electron chi connectivity index (χ0n) is 24.9. The first-order chi connectivity index (χ1) is 23.2. The van der Waals surface area contributed by atoms with Crippen molar-refractivity contribution in [3.05, 3.63) is 145 Å². The van der Waals surface area contributed by atoms with Crippen LogP contribution in [-0.2, 0) is 0 Å². The molecular weight excluding hydrogens is 578 g/mol. The van der Waals surface area contributed by atoms with Gasteiger partial charge >= 0.3 is 5.84 Å². The average molecular weight is 602 g/mol. The smallest absolute Gasteiger partial charge is 0.307 e. The minimum atomic E-state index is 0.555. The molecule has 0 radical (unpaired) electrons. The minimum Gasteiger partial charge on any atom is -0.423 e. The Morgan fingerprint density at radius 3 is 2.13 bits per heavy atom. The van der Waals surface area contributed by atoms with Crippen LogP contribution in [-0.4, -0.2) is 18.9 Å². The van der Waals surface area contributed by atoms with Crippen molar-refractivity contribution in [1.29, 1.82) is 5.26 Å². The number of hydrogen-bond acceptors (Lipinski definition) is 4. The second-order valence-electron chi connectivity index (χ2n) is 11.8. The van der Waals surface area contributed by atoms with Crippen LogP contribution in [0.15, 0.2) is 144 Å². The zero-order chi connectivity index (χ0) is 31.1. The molecule has 0 saturated carbocycles. The molecule has 0 unspecified atom stereocenters. The number of oxazole rings is 1. The molecular formula is C41H23N5O. The van der Waals surface area contributed by atoms with E-state index in [0.29, 0.717) is 11.4 Å². The van der Waals surface area contributed by atoms with Crippen LogP contribution in [0.1, 0.15) is 5.56 Å². The summed E-state index contributed by atoms with van der Waals surface area (Å²) >= 11 is 0. The normalized spacial score (nSPS) is 11.8. The van der Waals surface area contributed by atoms with Crippen molar-refractivity contribution in [1.82, 2.24) is 18.9 Å². The number of pyridine rings is 1. The van der Waals surface area contributed by atoms with E-state index in [0.717, 1.165) is 82.9 Å². The van der Waals surface area contributed by atoms with Crippen LogP contribution in [0.5, 0.6) is 0 Å². The van der Waals surface area contributed by atoms with E-state index in [-0.39, 0.29) is 0 Å². The van der Waals surface area contributed by atoms with Crippen molar-refractivity contribution >= 4 is 60.7 Å². The van der Waals surface area contributed by atoms with Gasteiger partial charge in [-0.15, -0.1) is 0 Å². The number of nitriles is 1. The maximum atomic E-state index is 9.68. The monoisotopic (exact) mass is 601 g/mol. The first kappa shape index (κ1) is 25.6. The lowest BCUT2D eigenvalue weighted by Crippen LogP contribution is -1.93. The maximum absolute atomic E-state index is 9.68. The predicted octanol–water partition coefficient (Wildman–Crippen LogP) is 10.1. The standard InChI is InChI=1S/C41H23N5O/c42-24-25-14-20-34-31(22-25)32-23-28(19-21-35(32)45(34)29-8-2-1-3-9-29)26-15-17-27(18-16-26)38-40-39(30-10-4-5-11-33(30)43-38)44-41-46(40)36-12-6-7-13-37(36)47-41/h1-23H. The van der Waals surface area contributed by atoms with Crippen molar-refractivity contribution in [2.75, 3.05) is 0 Å². The Morgan fingerprint density at radius 1 is 0.574 bits per heavy atom. The topological polar surface area (TPSA) is 72.1 Å². The lowest BCUT2D eigenvalue weighted by atomic mass is 9.99. The summed E-state index contributed by atoms with van der Waals surface area (Å²) in [6.07, 6.45) is 0. The Kier molecular flexibility index (Phi) is 5.25. The Bertz CT molecular complexity index is 2900. The summed E-state index contributed by atoms with van der Waals surface area (Å²) in [7, 11) is 0. The molecule has 0 amide bonds. The van der Waals surface area contributed by atoms with Crippen LogP contribution in [0.3, 0.4) is 0 Å². The zero-order valence-corrected chi connectivity index (χ0v) is 24.9. The number of aromatic nitrogens is 4. The Labute approximate surface area is 268 Å². The van der Waals surface area contributed by atoms with Crippen molar-refractivity contribution in [3.63, 3.8) is 0 Å². The molecule has 0 spiro atoms. The molecule has 6 nitrogen and oxygen atoms in total. The number of hydrogen-bond donors (Lipinski definition) is 0. The average Bonchev–Trinajstić information content (AvgIpc) is 3.79. The highest BCUT2D eigenvalue weighted by atomic mass is 16.4. The summed E-state index contributed by atoms with van der Waals surface area (Å²) in [5.41, 5.74) is 12.4. The summed E-state index contributed by atoms with van der Waals surface area (Å²) in [4.78, 5) is 10.1. The van der Waals surface area contributed by atoms with Gasteiger partial charge in [-0.2, -0.15) is 10.2 Å². The van der Waals surface area contributed by atoms with E-state index in [2.05, 4.69) is 93.9 Å². The number of rotatable bonds is 3. The number of imidazole rings is 1. The first-order valence-electron chi connectivity index (χ1n) is 15.5. The van der Waals surface area contributed by atoms with Gasteiger partial charge in [-0.1, -0.05) is 78.9 Å². The fraction of sp³-hybridized carbons (Fsp3) is 0. The molecule has 0 fully saturated rings. The molecule has 4 heterocycles. The van der Waals surface area contributed by atoms with Crippen molar-refractivity contribution in [2.45, 2.75) is 0 Å². The van der Waals surface area contributed by atoms with Gasteiger partial charge in [0.2, 0.25) is 0 Å². The molecule has 47 heavy (non-hydrogen) atoms. The lowest BCUT2D eigenvalue weighted by molar-refractivity contribution is 0.643. The van der Waals surface area contributed by atoms with Crippen LogP contribution in [0.2, 0.25) is 0 Å². The maximum Gasteiger partial charge on any atom is 0.307 e. The summed E-state index contributed by atoms with van der Waals surface area (Å²) in [5, 5.41) is 12.8. The number of fused-ring (bicyclic) bond motifs is 10. The molecule has 218 valence electrons. The van der Waals surface area contributed by atoms with Crippen LogP contribution in [0, 0.1) is 11.3 Å². The van der Waals surface area contributed by atoms with E-state index in [1.165, 1.54) is 0 Å². The second kappa shape index (κ2) is 9.64. The Hall–Kier alpha value is -6.71. The Balaban J connectivity index is 1.16. The molecule has 4 aromatic heterocycles. The second-order valence-corrected chi connectivity index (χ2v) is 11.8. The van der Waals surface area contributed by atoms with E-state index in [9.17, 15) is 5.26 Å². The van der Waals surface area contributed by atoms with Gasteiger partial charge in [0.15, 0.2) is 5.58 Å². The first-order valence-corrected chi connectivity index (χ1v) is 15.5. The summed E-state index contributed by atoms with van der Waals surface area (Å²) < 4.78 is 10.5. The third-order valence-corrected chi connectivity index (χ3v) is 9.17. The van der Waals surface area contributed by atoms with Gasteiger partial charge in [0, 0.05) is 27.4 Å². The predicted molar refractivity (Wildman–Crippen MR) is 188 cm³/mol. The van der Waals surface area contributed by atoms with Gasteiger partial charge in [0.1, 0.15) is 11.0 Å². The highest BCUT2D eigenvalue weighted by Crippen LogP contribution is 2.38. The van der Waals surface area contributed by atoms with Crippen molar-refractivity contribution < 1.29 is 4.42 Å². The molecule has 0 bridgehead atoms. The number of para-hydroxylation sites is 4. The van der Waals surface area contributed by atoms with Crippen LogP contribution in [0.25, 0.3) is 88.8 Å². The van der Waals surface area contributed by atoms with Gasteiger partial charge < -0.3 is 8.98 Å². The fourth-order valence-electron chi connectivity index (χ4n) is 7.02. The molecule has 0 saturated heterocycles. The van der Waals surface area contributed by atoms with Gasteiger partial charge in [-0.05, 0) is 71.8 Å². The summed E-state index contributed by atoms with van der Waals surface area (Å²) in [6.45, 7) is 0. The lowest BCUT2D eigenvalue weighted by Gasteiger charge is -2.09. The molecule has 0 atom stereocenters. The van der Waals surface area contributed by atoms with Gasteiger partial charge in [-0.25, -0.2) is 4.98 Å². The van der Waals surface area contributed by atoms with Crippen molar-refractivity contribution in [3.8, 4) is 34.1 Å². The van der Waals surface area contributed by atoms with Crippen molar-refractivity contribution in [2.24, 2.45) is 0 Å². The van der Waals surface area contributed by atoms with Gasteiger partial charge in [0.05, 0.1) is 39.4 Å². The SMILES string of the molecule is N#Cc1ccc2c(c1)c1cc(-c3ccc(-c4nc5ccccc5c5nc6oc7ccccc7n6c45)cc3)ccc1n2-c1ccccc1. The van der Waals surface area contributed by atoms with E-state index < -0.39 is 0 Å². The summed E-state index contributed by atoms with van der Waals surface area (Å²) in [6, 6.07) is 49.9. The molecule has 0 aliphatic rings. The largest absolute Gasteiger partial charge is 0.423 e. The molecule has 6 aromatic carbocycles. The Morgan fingerprint density at radius 2 is 1.28 bits per heavy atom. The van der Waals surface area contributed by atoms with Crippen LogP contribution >= 0.6 is 0 Å². The van der Waals surface area contributed by atoms with E-state index in [4.69, 9.17) is 14.4 Å². The van der Waals surface area contributed by atoms with Gasteiger partial charge in [0.25, 0.3) is 0 Å². The molecule has 0 aliphatic heterocycles. The van der Waals surface area contributed by atoms with Gasteiger partial charge in [-0.3, -0.25) is 4.40 Å². The highest BCUT2D eigenvalue weighted by molar-refractivity contribution is 6.12. The number of benzene rings is 6. The van der Waals surface area contributed by atoms with E-state index >= 15 is 0 Å². The molecule has 0 aliphatic carbocycles. The molecule has 10 rings (SSSR count). The third kappa shape index (κ3) is 3.71. The minimum absolute atomic E-state index is 0.555. The molecule has 0 N–H and O–H groups in total.